The van der Waals surface area contributed by atoms with Crippen molar-refractivity contribution in [3.8, 4) is 0 Å². The van der Waals surface area contributed by atoms with E-state index in [4.69, 9.17) is 0 Å². The molecule has 5 rings (SSSR count). The minimum Gasteiger partial charge on any atom is -0.373 e. The Morgan fingerprint density at radius 1 is 0.656 bits per heavy atom. The van der Waals surface area contributed by atoms with E-state index in [1.807, 2.05) is 0 Å². The van der Waals surface area contributed by atoms with Crippen LogP contribution in [0.5, 0.6) is 0 Å². The standard InChI is InChI=1S/C49H78N4O8/c1-8-10-11-16-22-34(9-2)30-35(33(3)21-18-19-28-48(4,5)51-40(54)24-25-41(51)55)23-17-14-12-13-15-20-29-50-44(58)36-31-38-39(32-37(36)45(50)59)47(61)53(46(38)60)49(6,7)52-42(56)26-27-43(52)57/h24-27,33-40,44,54,58H,8-23,28-32H2,1-7H3/t33-,34?,35?,36?,37?,38?,39?,40?,44?/m1/s1. The highest BCUT2D eigenvalue weighted by atomic mass is 16.3. The maximum absolute atomic E-state index is 13.7. The number of hydrogen-bond donors (Lipinski definition) is 2. The number of nitrogens with zero attached hydrogens (tertiary/aromatic N) is 4. The van der Waals surface area contributed by atoms with Crippen LogP contribution in [0.4, 0.5) is 0 Å². The van der Waals surface area contributed by atoms with Crippen molar-refractivity contribution in [3.63, 3.8) is 0 Å². The van der Waals surface area contributed by atoms with Crippen molar-refractivity contribution in [3.05, 3.63) is 24.3 Å². The summed E-state index contributed by atoms with van der Waals surface area (Å²) >= 11 is 0. The summed E-state index contributed by atoms with van der Waals surface area (Å²) in [5.41, 5.74) is -1.87. The van der Waals surface area contributed by atoms with Crippen LogP contribution in [0, 0.1) is 41.4 Å². The molecule has 1 saturated carbocycles. The first-order valence-corrected chi connectivity index (χ1v) is 24.1. The number of aliphatic hydroxyl groups is 2. The largest absolute Gasteiger partial charge is 0.373 e. The summed E-state index contributed by atoms with van der Waals surface area (Å²) in [5, 5.41) is 21.7. The molecule has 0 aromatic carbocycles. The van der Waals surface area contributed by atoms with E-state index >= 15 is 0 Å². The smallest absolute Gasteiger partial charge is 0.255 e. The first kappa shape index (κ1) is 48.6. The SMILES string of the molecule is CCCCCCC(CC)CC(CCCCCCCCN1C(=O)C2CC3C(=O)N(C(C)(C)N4C(=O)C=CC4=O)C(=O)C3CC2C1O)[C@H](C)CCCCC(C)(C)N1C(=O)C=CC1O. The van der Waals surface area contributed by atoms with Gasteiger partial charge < -0.3 is 20.0 Å². The third-order valence-electron chi connectivity index (χ3n) is 15.3. The summed E-state index contributed by atoms with van der Waals surface area (Å²) in [6, 6.07) is 0. The number of unbranched alkanes of at least 4 members (excludes halogenated alkanes) is 9. The number of fused-ring (bicyclic) bond motifs is 2. The highest BCUT2D eigenvalue weighted by molar-refractivity contribution is 6.15. The number of aliphatic hydroxyl groups excluding tert-OH is 2. The molecule has 4 heterocycles. The molecule has 6 amide bonds. The second-order valence-electron chi connectivity index (χ2n) is 20.3. The molecule has 12 nitrogen and oxygen atoms in total. The van der Waals surface area contributed by atoms with Crippen LogP contribution < -0.4 is 0 Å². The first-order valence-electron chi connectivity index (χ1n) is 24.1. The minimum absolute atomic E-state index is 0.109. The topological polar surface area (TPSA) is 156 Å². The molecule has 0 spiro atoms. The third kappa shape index (κ3) is 11.1. The molecule has 0 bridgehead atoms. The van der Waals surface area contributed by atoms with E-state index in [1.165, 1.54) is 90.6 Å². The Morgan fingerprint density at radius 2 is 1.25 bits per heavy atom. The van der Waals surface area contributed by atoms with Crippen molar-refractivity contribution >= 4 is 35.4 Å². The van der Waals surface area contributed by atoms with Crippen molar-refractivity contribution in [1.29, 1.82) is 0 Å². The molecule has 3 fully saturated rings. The summed E-state index contributed by atoms with van der Waals surface area (Å²) in [6.45, 7) is 14.7. The molecule has 0 radical (unpaired) electrons. The summed E-state index contributed by atoms with van der Waals surface area (Å²) < 4.78 is 0. The number of likely N-dealkylation sites (tertiary alicyclic amines) is 2. The van der Waals surface area contributed by atoms with Gasteiger partial charge in [0.25, 0.3) is 11.8 Å². The van der Waals surface area contributed by atoms with Crippen molar-refractivity contribution < 1.29 is 39.0 Å². The number of rotatable bonds is 26. The van der Waals surface area contributed by atoms with Gasteiger partial charge in [0, 0.05) is 42.1 Å². The Hall–Kier alpha value is -3.38. The molecule has 0 aromatic rings. The normalized spacial score (nSPS) is 27.0. The molecule has 8 unspecified atom stereocenters. The molecule has 9 atom stereocenters. The molecule has 2 N–H and O–H groups in total. The monoisotopic (exact) mass is 851 g/mol. The summed E-state index contributed by atoms with van der Waals surface area (Å²) in [4.78, 5) is 83.5. The molecular weight excluding hydrogens is 773 g/mol. The fraction of sp³-hybridized carbons (Fsp3) is 0.796. The van der Waals surface area contributed by atoms with E-state index in [0.717, 1.165) is 72.8 Å². The predicted molar refractivity (Wildman–Crippen MR) is 235 cm³/mol. The second kappa shape index (κ2) is 21.3. The highest BCUT2D eigenvalue weighted by Gasteiger charge is 2.62. The van der Waals surface area contributed by atoms with E-state index in [9.17, 15) is 39.0 Å². The number of hydrogen-bond acceptors (Lipinski definition) is 8. The third-order valence-corrected chi connectivity index (χ3v) is 15.3. The number of amides is 6. The van der Waals surface area contributed by atoms with Gasteiger partial charge in [-0.3, -0.25) is 38.6 Å². The van der Waals surface area contributed by atoms with E-state index < -0.39 is 65.4 Å². The van der Waals surface area contributed by atoms with Gasteiger partial charge >= 0.3 is 0 Å². The zero-order chi connectivity index (χ0) is 44.6. The molecule has 2 saturated heterocycles. The molecule has 342 valence electrons. The minimum atomic E-state index is -1.49. The van der Waals surface area contributed by atoms with Crippen LogP contribution >= 0.6 is 0 Å². The van der Waals surface area contributed by atoms with Crippen molar-refractivity contribution in [2.75, 3.05) is 6.54 Å². The van der Waals surface area contributed by atoms with Gasteiger partial charge in [0.05, 0.1) is 11.8 Å². The van der Waals surface area contributed by atoms with Crippen LogP contribution in [0.15, 0.2) is 24.3 Å². The van der Waals surface area contributed by atoms with Gasteiger partial charge in [-0.15, -0.1) is 0 Å². The number of imide groups is 2. The highest BCUT2D eigenvalue weighted by Crippen LogP contribution is 2.50. The average Bonchev–Trinajstić information content (AvgIpc) is 3.90. The first-order chi connectivity index (χ1) is 29.0. The molecule has 61 heavy (non-hydrogen) atoms. The van der Waals surface area contributed by atoms with E-state index in [2.05, 4.69) is 34.6 Å². The Kier molecular flexibility index (Phi) is 17.0. The summed E-state index contributed by atoms with van der Waals surface area (Å²) in [6.07, 6.45) is 24.7. The van der Waals surface area contributed by atoms with Gasteiger partial charge in [0.1, 0.15) is 18.1 Å². The average molecular weight is 851 g/mol. The summed E-state index contributed by atoms with van der Waals surface area (Å²) in [7, 11) is 0. The summed E-state index contributed by atoms with van der Waals surface area (Å²) in [5.74, 6) is -2.64. The molecular formula is C49H78N4O8. The molecule has 0 aromatic heterocycles. The van der Waals surface area contributed by atoms with Crippen LogP contribution in [0.1, 0.15) is 177 Å². The van der Waals surface area contributed by atoms with Crippen molar-refractivity contribution in [2.45, 2.75) is 201 Å². The zero-order valence-electron chi connectivity index (χ0n) is 38.5. The van der Waals surface area contributed by atoms with Crippen LogP contribution in [-0.4, -0.2) is 95.5 Å². The lowest BCUT2D eigenvalue weighted by Gasteiger charge is -2.40. The van der Waals surface area contributed by atoms with Gasteiger partial charge in [-0.2, -0.15) is 0 Å². The van der Waals surface area contributed by atoms with Crippen LogP contribution in [0.2, 0.25) is 0 Å². The zero-order valence-corrected chi connectivity index (χ0v) is 38.5. The fourth-order valence-electron chi connectivity index (χ4n) is 11.5. The molecule has 5 aliphatic rings. The van der Waals surface area contributed by atoms with Gasteiger partial charge in [0.15, 0.2) is 0 Å². The van der Waals surface area contributed by atoms with Crippen LogP contribution in [0.3, 0.4) is 0 Å². The molecule has 1 aliphatic carbocycles. The molecule has 12 heteroatoms. The second-order valence-corrected chi connectivity index (χ2v) is 20.3. The van der Waals surface area contributed by atoms with E-state index in [1.54, 1.807) is 15.9 Å². The van der Waals surface area contributed by atoms with Gasteiger partial charge in [-0.05, 0) is 83.6 Å². The van der Waals surface area contributed by atoms with Crippen molar-refractivity contribution in [1.82, 2.24) is 19.6 Å². The quantitative estimate of drug-likeness (QED) is 0.0659. The fourth-order valence-corrected chi connectivity index (χ4v) is 11.5. The Balaban J connectivity index is 1.04. The van der Waals surface area contributed by atoms with Crippen molar-refractivity contribution in [2.24, 2.45) is 41.4 Å². The maximum atomic E-state index is 13.7. The van der Waals surface area contributed by atoms with E-state index in [-0.39, 0.29) is 30.2 Å². The lowest BCUT2D eigenvalue weighted by molar-refractivity contribution is -0.162. The van der Waals surface area contributed by atoms with Crippen LogP contribution in [-0.2, 0) is 28.8 Å². The Labute approximate surface area is 365 Å². The lowest BCUT2D eigenvalue weighted by atomic mass is 9.70. The maximum Gasteiger partial charge on any atom is 0.255 e. The Bertz CT molecular complexity index is 1620. The predicted octanol–water partition coefficient (Wildman–Crippen LogP) is 7.86. The lowest BCUT2D eigenvalue weighted by Crippen LogP contribution is -2.61. The molecule has 4 aliphatic heterocycles. The van der Waals surface area contributed by atoms with Gasteiger partial charge in [-0.25, -0.2) is 0 Å². The van der Waals surface area contributed by atoms with Gasteiger partial charge in [0.2, 0.25) is 23.6 Å². The van der Waals surface area contributed by atoms with E-state index in [0.29, 0.717) is 18.4 Å². The number of carbonyl (C=O) groups excluding carboxylic acids is 6. The van der Waals surface area contributed by atoms with Gasteiger partial charge in [-0.1, -0.05) is 117 Å². The Morgan fingerprint density at radius 3 is 1.87 bits per heavy atom. The van der Waals surface area contributed by atoms with Crippen LogP contribution in [0.25, 0.3) is 0 Å². The number of carbonyl (C=O) groups is 6.